The molecule has 98 valence electrons. The second-order valence-corrected chi connectivity index (χ2v) is 5.93. The van der Waals surface area contributed by atoms with Crippen molar-refractivity contribution in [2.75, 3.05) is 13.1 Å². The fourth-order valence-electron chi connectivity index (χ4n) is 1.57. The Morgan fingerprint density at radius 3 is 2.12 bits per heavy atom. The van der Waals surface area contributed by atoms with Crippen LogP contribution in [0.5, 0.6) is 0 Å². The quantitative estimate of drug-likeness (QED) is 0.739. The predicted octanol–water partition coefficient (Wildman–Crippen LogP) is 2.62. The van der Waals surface area contributed by atoms with E-state index in [0.29, 0.717) is 0 Å². The largest absolute Gasteiger partial charge is 0.390 e. The number of hydrogen-bond donors (Lipinski definition) is 2. The van der Waals surface area contributed by atoms with Crippen molar-refractivity contribution in [1.29, 1.82) is 0 Å². The van der Waals surface area contributed by atoms with Gasteiger partial charge in [0, 0.05) is 6.54 Å². The molecule has 2 nitrogen and oxygen atoms in total. The summed E-state index contributed by atoms with van der Waals surface area (Å²) in [5.41, 5.74) is 0.517. The lowest BCUT2D eigenvalue weighted by Crippen LogP contribution is -2.38. The Morgan fingerprint density at radius 1 is 1.35 bits per heavy atom. The minimum Gasteiger partial charge on any atom is -0.390 e. The molecule has 1 aliphatic heterocycles. The van der Waals surface area contributed by atoms with Crippen LogP contribution >= 0.6 is 0 Å². The fraction of sp³-hybridized carbons (Fsp3) is 0.857. The minimum atomic E-state index is -0.553. The van der Waals surface area contributed by atoms with Crippen molar-refractivity contribution in [3.8, 4) is 0 Å². The molecule has 0 aromatic heterocycles. The van der Waals surface area contributed by atoms with Crippen molar-refractivity contribution < 1.29 is 5.11 Å². The first-order valence-electron chi connectivity index (χ1n) is 6.58. The fourth-order valence-corrected chi connectivity index (χ4v) is 1.57. The predicted molar refractivity (Wildman–Crippen MR) is 76.3 cm³/mol. The molecule has 17 heavy (non-hydrogen) atoms. The summed E-state index contributed by atoms with van der Waals surface area (Å²) in [6, 6.07) is 0. The Morgan fingerprint density at radius 2 is 1.94 bits per heavy atom. The summed E-state index contributed by atoms with van der Waals surface area (Å²) in [4.78, 5) is 0. The molecule has 2 N–H and O–H groups in total. The first-order chi connectivity index (χ1) is 7.70. The molecule has 0 unspecified atom stereocenters. The summed E-state index contributed by atoms with van der Waals surface area (Å²) in [6.07, 6.45) is 5.25. The average molecular weight is 237 g/mol. The molecule has 0 aromatic rings. The van der Waals surface area contributed by atoms with Gasteiger partial charge in [-0.15, -0.1) is 5.47 Å². The summed E-state index contributed by atoms with van der Waals surface area (Å²) in [5.74, 6) is 0. The van der Waals surface area contributed by atoms with Crippen molar-refractivity contribution >= 4 is 7.85 Å². The van der Waals surface area contributed by atoms with Gasteiger partial charge in [0.25, 0.3) is 0 Å². The van der Waals surface area contributed by atoms with Gasteiger partial charge < -0.3 is 10.4 Å². The smallest absolute Gasteiger partial charge is 0.107 e. The van der Waals surface area contributed by atoms with Crippen molar-refractivity contribution in [3.63, 3.8) is 0 Å². The molecule has 2 radical (unpaired) electrons. The van der Waals surface area contributed by atoms with Gasteiger partial charge in [0.1, 0.15) is 7.85 Å². The molecule has 1 aliphatic rings. The first kappa shape index (κ1) is 16.7. The van der Waals surface area contributed by atoms with Crippen LogP contribution in [0.25, 0.3) is 0 Å². The van der Waals surface area contributed by atoms with E-state index >= 15 is 0 Å². The zero-order valence-corrected chi connectivity index (χ0v) is 12.1. The van der Waals surface area contributed by atoms with Crippen LogP contribution in [0.1, 0.15) is 53.9 Å². The van der Waals surface area contributed by atoms with Gasteiger partial charge in [-0.1, -0.05) is 33.3 Å². The van der Waals surface area contributed by atoms with Crippen LogP contribution in [0.3, 0.4) is 0 Å². The van der Waals surface area contributed by atoms with Crippen molar-refractivity contribution in [1.82, 2.24) is 5.32 Å². The lowest BCUT2D eigenvalue weighted by molar-refractivity contribution is -0.0396. The van der Waals surface area contributed by atoms with Gasteiger partial charge in [-0.3, -0.25) is 0 Å². The van der Waals surface area contributed by atoms with Crippen molar-refractivity contribution in [2.24, 2.45) is 5.41 Å². The Bertz CT molecular complexity index is 241. The maximum Gasteiger partial charge on any atom is 0.107 e. The zero-order valence-electron chi connectivity index (χ0n) is 12.1. The molecule has 0 aromatic carbocycles. The Hall–Kier alpha value is -0.275. The van der Waals surface area contributed by atoms with E-state index in [1.165, 1.54) is 0 Å². The zero-order chi connectivity index (χ0) is 13.5. The lowest BCUT2D eigenvalue weighted by atomic mass is 9.74. The maximum absolute atomic E-state index is 9.68. The highest BCUT2D eigenvalue weighted by Crippen LogP contribution is 2.34. The summed E-state index contributed by atoms with van der Waals surface area (Å²) >= 11 is 0. The molecule has 3 heteroatoms. The van der Waals surface area contributed by atoms with Gasteiger partial charge in [-0.25, -0.2) is 0 Å². The molecule has 0 saturated heterocycles. The van der Waals surface area contributed by atoms with E-state index in [2.05, 4.69) is 26.1 Å². The van der Waals surface area contributed by atoms with E-state index in [9.17, 15) is 5.11 Å². The van der Waals surface area contributed by atoms with Gasteiger partial charge >= 0.3 is 0 Å². The molecule has 1 rings (SSSR count). The number of rotatable bonds is 3. The molecule has 0 bridgehead atoms. The summed E-state index contributed by atoms with van der Waals surface area (Å²) in [5, 5.41) is 12.8. The standard InChI is InChI=1S/C9H20O.C5H8BN/c1-6-7-8(2,3)9(4,5)10;6-5-1-3-7-4-2-5/h10H,6-7H2,1-5H3;1,7H,2-4H2. The van der Waals surface area contributed by atoms with Crippen molar-refractivity contribution in [2.45, 2.75) is 59.5 Å². The molecular weight excluding hydrogens is 209 g/mol. The van der Waals surface area contributed by atoms with Gasteiger partial charge in [-0.2, -0.15) is 0 Å². The molecule has 0 spiro atoms. The highest BCUT2D eigenvalue weighted by Gasteiger charge is 2.33. The summed E-state index contributed by atoms with van der Waals surface area (Å²) < 4.78 is 0. The summed E-state index contributed by atoms with van der Waals surface area (Å²) in [6.45, 7) is 12.1. The Kier molecular flexibility index (Phi) is 7.11. The van der Waals surface area contributed by atoms with E-state index in [1.807, 2.05) is 19.9 Å². The third kappa shape index (κ3) is 6.90. The van der Waals surface area contributed by atoms with Crippen LogP contribution in [-0.4, -0.2) is 31.6 Å². The van der Waals surface area contributed by atoms with E-state index in [4.69, 9.17) is 7.85 Å². The van der Waals surface area contributed by atoms with Gasteiger partial charge in [0.15, 0.2) is 0 Å². The molecule has 0 atom stereocenters. The van der Waals surface area contributed by atoms with Gasteiger partial charge in [0.05, 0.1) is 5.60 Å². The third-order valence-electron chi connectivity index (χ3n) is 3.63. The topological polar surface area (TPSA) is 32.3 Å². The van der Waals surface area contributed by atoms with Crippen LogP contribution in [0, 0.1) is 5.41 Å². The number of aliphatic hydroxyl groups is 1. The maximum atomic E-state index is 9.68. The Balaban J connectivity index is 0.000000318. The van der Waals surface area contributed by atoms with Crippen LogP contribution in [0.15, 0.2) is 11.5 Å². The normalized spacial score (nSPS) is 16.9. The second kappa shape index (κ2) is 7.22. The third-order valence-corrected chi connectivity index (χ3v) is 3.63. The van der Waals surface area contributed by atoms with Crippen LogP contribution in [0.2, 0.25) is 0 Å². The monoisotopic (exact) mass is 237 g/mol. The van der Waals surface area contributed by atoms with Gasteiger partial charge in [-0.05, 0) is 38.6 Å². The molecule has 0 aliphatic carbocycles. The molecule has 1 heterocycles. The van der Waals surface area contributed by atoms with Crippen LogP contribution in [0.4, 0.5) is 0 Å². The molecule has 0 amide bonds. The molecule has 0 fully saturated rings. The lowest BCUT2D eigenvalue weighted by Gasteiger charge is -2.37. The van der Waals surface area contributed by atoms with E-state index in [-0.39, 0.29) is 5.41 Å². The highest BCUT2D eigenvalue weighted by atomic mass is 16.3. The van der Waals surface area contributed by atoms with E-state index in [0.717, 1.165) is 37.8 Å². The summed E-state index contributed by atoms with van der Waals surface area (Å²) in [7, 11) is 5.46. The molecular formula is C14H28BNO. The first-order valence-corrected chi connectivity index (χ1v) is 6.58. The van der Waals surface area contributed by atoms with Crippen LogP contribution < -0.4 is 5.32 Å². The Labute approximate surface area is 108 Å². The van der Waals surface area contributed by atoms with Crippen molar-refractivity contribution in [3.05, 3.63) is 11.5 Å². The minimum absolute atomic E-state index is 0.0434. The molecule has 0 saturated carbocycles. The van der Waals surface area contributed by atoms with Crippen LogP contribution in [-0.2, 0) is 0 Å². The average Bonchev–Trinajstić information content (AvgIpc) is 2.18. The number of nitrogens with one attached hydrogen (secondary N) is 1. The van der Waals surface area contributed by atoms with E-state index in [1.54, 1.807) is 0 Å². The number of hydrogen-bond acceptors (Lipinski definition) is 2. The SMILES string of the molecule is CCCC(C)(C)C(C)(C)O.[B]C1=CCNCC1. The van der Waals surface area contributed by atoms with E-state index < -0.39 is 5.60 Å². The van der Waals surface area contributed by atoms with Gasteiger partial charge in [0.2, 0.25) is 0 Å². The second-order valence-electron chi connectivity index (χ2n) is 5.93. The highest BCUT2D eigenvalue weighted by molar-refractivity contribution is 6.21.